The molecule has 0 amide bonds. The number of likely N-dealkylation sites (tertiary alicyclic amines) is 1. The number of rotatable bonds is 1. The number of hydrogen-bond donors (Lipinski definition) is 3. The van der Waals surface area contributed by atoms with Gasteiger partial charge in [-0.3, -0.25) is 9.69 Å². The number of allylic oxidation sites excluding steroid dienone is 1. The Hall–Kier alpha value is -2.11. The Labute approximate surface area is 147 Å². The molecule has 3 N–H and O–H groups in total. The Morgan fingerprint density at radius 1 is 1.36 bits per heavy atom. The number of phenols is 1. The van der Waals surface area contributed by atoms with Crippen LogP contribution >= 0.6 is 0 Å². The van der Waals surface area contributed by atoms with E-state index in [-0.39, 0.29) is 36.0 Å². The van der Waals surface area contributed by atoms with E-state index in [0.29, 0.717) is 18.5 Å². The zero-order chi connectivity index (χ0) is 17.7. The van der Waals surface area contributed by atoms with Crippen LogP contribution in [0.3, 0.4) is 0 Å². The third-order valence-corrected chi connectivity index (χ3v) is 6.05. The number of carbonyl (C=O) groups excluding carboxylic acids is 1. The van der Waals surface area contributed by atoms with E-state index in [2.05, 4.69) is 23.0 Å². The van der Waals surface area contributed by atoms with Crippen molar-refractivity contribution >= 4 is 16.7 Å². The monoisotopic (exact) mass is 340 g/mol. The summed E-state index contributed by atoms with van der Waals surface area (Å²) in [6.07, 6.45) is 3.21. The van der Waals surface area contributed by atoms with Crippen molar-refractivity contribution in [2.75, 3.05) is 20.2 Å². The molecule has 5 heteroatoms. The number of Topliss-reactive ketones (excluding diaryl/α,β-unsaturated/α-hetero) is 1. The minimum atomic E-state index is 0.0457. The Balaban J connectivity index is 1.90. The molecule has 1 aliphatic carbocycles. The second kappa shape index (κ2) is 6.00. The number of H-pyrrole nitrogens is 1. The SMILES string of the molecule is CC=C1CN(C)C2Cc3c([nH]c4ccc(O)cc34)C(=O)CC1C2CO. The van der Waals surface area contributed by atoms with Gasteiger partial charge in [0.1, 0.15) is 5.75 Å². The van der Waals surface area contributed by atoms with Gasteiger partial charge >= 0.3 is 0 Å². The lowest BCUT2D eigenvalue weighted by Gasteiger charge is -2.46. The highest BCUT2D eigenvalue weighted by atomic mass is 16.3. The van der Waals surface area contributed by atoms with Crippen molar-refractivity contribution in [3.63, 3.8) is 0 Å². The van der Waals surface area contributed by atoms with Crippen LogP contribution in [-0.2, 0) is 6.42 Å². The van der Waals surface area contributed by atoms with Gasteiger partial charge in [0.25, 0.3) is 0 Å². The number of hydrogen-bond acceptors (Lipinski definition) is 4. The van der Waals surface area contributed by atoms with E-state index in [0.717, 1.165) is 23.0 Å². The van der Waals surface area contributed by atoms with Crippen LogP contribution in [0, 0.1) is 11.8 Å². The Morgan fingerprint density at radius 3 is 2.88 bits per heavy atom. The molecule has 132 valence electrons. The lowest BCUT2D eigenvalue weighted by atomic mass is 9.71. The van der Waals surface area contributed by atoms with Gasteiger partial charge in [0.05, 0.1) is 5.69 Å². The fourth-order valence-electron chi connectivity index (χ4n) is 4.73. The first-order valence-electron chi connectivity index (χ1n) is 8.86. The summed E-state index contributed by atoms with van der Waals surface area (Å²) in [5, 5.41) is 20.9. The number of aromatic hydroxyl groups is 1. The van der Waals surface area contributed by atoms with Crippen LogP contribution in [0.15, 0.2) is 29.8 Å². The molecule has 1 aromatic heterocycles. The molecule has 25 heavy (non-hydrogen) atoms. The summed E-state index contributed by atoms with van der Waals surface area (Å²) < 4.78 is 0. The predicted molar refractivity (Wildman–Crippen MR) is 96.9 cm³/mol. The fourth-order valence-corrected chi connectivity index (χ4v) is 4.73. The second-order valence-electron chi connectivity index (χ2n) is 7.34. The number of aromatic amines is 1. The average molecular weight is 340 g/mol. The molecule has 2 aliphatic rings. The fraction of sp³-hybridized carbons (Fsp3) is 0.450. The highest BCUT2D eigenvalue weighted by Gasteiger charge is 2.42. The standard InChI is InChI=1S/C20H24N2O3/c1-3-11-9-22(2)18-7-15-14-6-12(24)4-5-17(14)21-20(15)19(25)8-13(11)16(18)10-23/h3-6,13,16,18,21,23-24H,7-10H2,1-2H3. The van der Waals surface area contributed by atoms with Gasteiger partial charge in [-0.05, 0) is 50.1 Å². The number of carbonyl (C=O) groups is 1. The summed E-state index contributed by atoms with van der Waals surface area (Å²) in [7, 11) is 2.09. The molecule has 1 aliphatic heterocycles. The number of piperidine rings is 1. The quantitative estimate of drug-likeness (QED) is 0.697. The Morgan fingerprint density at radius 2 is 2.16 bits per heavy atom. The van der Waals surface area contributed by atoms with Crippen molar-refractivity contribution in [3.05, 3.63) is 41.1 Å². The van der Waals surface area contributed by atoms with Gasteiger partial charge in [-0.15, -0.1) is 0 Å². The normalized spacial score (nSPS) is 28.8. The molecule has 0 spiro atoms. The molecule has 1 saturated heterocycles. The molecular weight excluding hydrogens is 316 g/mol. The third-order valence-electron chi connectivity index (χ3n) is 6.05. The number of fused-ring (bicyclic) bond motifs is 5. The number of aromatic nitrogens is 1. The van der Waals surface area contributed by atoms with E-state index >= 15 is 0 Å². The van der Waals surface area contributed by atoms with Crippen molar-refractivity contribution in [3.8, 4) is 5.75 Å². The zero-order valence-corrected chi connectivity index (χ0v) is 14.6. The molecule has 2 heterocycles. The topological polar surface area (TPSA) is 76.6 Å². The summed E-state index contributed by atoms with van der Waals surface area (Å²) in [5.74, 6) is 0.436. The molecule has 2 bridgehead atoms. The molecule has 0 saturated carbocycles. The van der Waals surface area contributed by atoms with Crippen molar-refractivity contribution < 1.29 is 15.0 Å². The number of nitrogens with zero attached hydrogens (tertiary/aromatic N) is 1. The van der Waals surface area contributed by atoms with Gasteiger partial charge in [0, 0.05) is 42.4 Å². The zero-order valence-electron chi connectivity index (χ0n) is 14.6. The van der Waals surface area contributed by atoms with E-state index in [1.165, 1.54) is 5.57 Å². The average Bonchev–Trinajstić information content (AvgIpc) is 2.94. The van der Waals surface area contributed by atoms with Gasteiger partial charge in [-0.25, -0.2) is 0 Å². The van der Waals surface area contributed by atoms with Crippen LogP contribution in [0.25, 0.3) is 10.9 Å². The van der Waals surface area contributed by atoms with Crippen LogP contribution in [0.2, 0.25) is 0 Å². The van der Waals surface area contributed by atoms with Crippen LogP contribution in [0.5, 0.6) is 5.75 Å². The van der Waals surface area contributed by atoms with Crippen molar-refractivity contribution in [1.29, 1.82) is 0 Å². The van der Waals surface area contributed by atoms with Gasteiger partial charge in [0.2, 0.25) is 0 Å². The highest BCUT2D eigenvalue weighted by molar-refractivity contribution is 6.03. The number of likely N-dealkylation sites (N-methyl/N-ethyl adjacent to an activating group) is 1. The Kier molecular flexibility index (Phi) is 3.93. The summed E-state index contributed by atoms with van der Waals surface area (Å²) in [5.41, 5.74) is 3.75. The largest absolute Gasteiger partial charge is 0.508 e. The van der Waals surface area contributed by atoms with E-state index < -0.39 is 0 Å². The van der Waals surface area contributed by atoms with Gasteiger partial charge in [0.15, 0.2) is 5.78 Å². The molecule has 3 unspecified atom stereocenters. The maximum Gasteiger partial charge on any atom is 0.179 e. The molecule has 3 atom stereocenters. The van der Waals surface area contributed by atoms with Crippen LogP contribution < -0.4 is 0 Å². The van der Waals surface area contributed by atoms with Crippen molar-refractivity contribution in [2.24, 2.45) is 11.8 Å². The predicted octanol–water partition coefficient (Wildman–Crippen LogP) is 2.49. The Bertz CT molecular complexity index is 867. The summed E-state index contributed by atoms with van der Waals surface area (Å²) in [4.78, 5) is 18.6. The second-order valence-corrected chi connectivity index (χ2v) is 7.34. The maximum absolute atomic E-state index is 13.0. The summed E-state index contributed by atoms with van der Waals surface area (Å²) in [6.45, 7) is 2.92. The first kappa shape index (κ1) is 16.4. The van der Waals surface area contributed by atoms with Crippen LogP contribution in [-0.4, -0.2) is 52.1 Å². The van der Waals surface area contributed by atoms with Crippen LogP contribution in [0.4, 0.5) is 0 Å². The minimum Gasteiger partial charge on any atom is -0.508 e. The van der Waals surface area contributed by atoms with Gasteiger partial charge in [-0.2, -0.15) is 0 Å². The molecule has 1 aromatic carbocycles. The first-order chi connectivity index (χ1) is 12.0. The molecule has 0 radical (unpaired) electrons. The molecule has 5 nitrogen and oxygen atoms in total. The number of ketones is 1. The maximum atomic E-state index is 13.0. The number of aliphatic hydroxyl groups is 1. The van der Waals surface area contributed by atoms with E-state index in [1.807, 2.05) is 13.0 Å². The summed E-state index contributed by atoms with van der Waals surface area (Å²) in [6, 6.07) is 5.35. The van der Waals surface area contributed by atoms with E-state index in [9.17, 15) is 15.0 Å². The number of aliphatic hydroxyl groups excluding tert-OH is 1. The number of nitrogens with one attached hydrogen (secondary N) is 1. The third kappa shape index (κ3) is 2.50. The van der Waals surface area contributed by atoms with E-state index in [1.54, 1.807) is 12.1 Å². The minimum absolute atomic E-state index is 0.0457. The van der Waals surface area contributed by atoms with Gasteiger partial charge in [-0.1, -0.05) is 11.6 Å². The number of phenolic OH excluding ortho intramolecular Hbond substituents is 1. The van der Waals surface area contributed by atoms with Crippen molar-refractivity contribution in [1.82, 2.24) is 9.88 Å². The smallest absolute Gasteiger partial charge is 0.179 e. The van der Waals surface area contributed by atoms with E-state index in [4.69, 9.17) is 0 Å². The lowest BCUT2D eigenvalue weighted by Crippen LogP contribution is -2.52. The number of benzene rings is 1. The molecule has 1 fully saturated rings. The highest BCUT2D eigenvalue weighted by Crippen LogP contribution is 2.41. The van der Waals surface area contributed by atoms with Crippen molar-refractivity contribution in [2.45, 2.75) is 25.8 Å². The molecule has 4 rings (SSSR count). The molecular formula is C20H24N2O3. The van der Waals surface area contributed by atoms with Crippen LogP contribution in [0.1, 0.15) is 29.4 Å². The first-order valence-corrected chi connectivity index (χ1v) is 8.86. The van der Waals surface area contributed by atoms with Gasteiger partial charge < -0.3 is 15.2 Å². The lowest BCUT2D eigenvalue weighted by molar-refractivity contribution is 0.0518. The summed E-state index contributed by atoms with van der Waals surface area (Å²) >= 11 is 0. The molecule has 2 aromatic rings.